The Hall–Kier alpha value is -0.990. The Labute approximate surface area is 164 Å². The monoisotopic (exact) mass is 369 g/mol. The third kappa shape index (κ3) is 3.97. The molecule has 1 aromatic rings. The fraction of sp³-hybridized carbons (Fsp3) is 0.583. The third-order valence-corrected chi connectivity index (χ3v) is 7.73. The topological polar surface area (TPSA) is 12.0 Å². The summed E-state index contributed by atoms with van der Waals surface area (Å²) in [5, 5.41) is 3.47. The molecule has 0 bridgehead atoms. The van der Waals surface area contributed by atoms with E-state index in [2.05, 4.69) is 70.8 Å². The van der Waals surface area contributed by atoms with E-state index in [1.807, 2.05) is 11.8 Å². The smallest absolute Gasteiger partial charge is 0.0119 e. The summed E-state index contributed by atoms with van der Waals surface area (Å²) in [6.45, 7) is 18.5. The maximum atomic E-state index is 4.45. The molecule has 1 nitrogen and oxygen atoms in total. The summed E-state index contributed by atoms with van der Waals surface area (Å²) in [6.07, 6.45) is 7.31. The molecule has 1 saturated heterocycles. The van der Waals surface area contributed by atoms with E-state index < -0.39 is 0 Å². The first-order chi connectivity index (χ1) is 12.2. The molecule has 1 aromatic carbocycles. The molecule has 1 N–H and O–H groups in total. The molecular weight excluding hydrogens is 334 g/mol. The van der Waals surface area contributed by atoms with Gasteiger partial charge in [0.2, 0.25) is 0 Å². The maximum Gasteiger partial charge on any atom is 0.0119 e. The van der Waals surface area contributed by atoms with Crippen molar-refractivity contribution in [3.63, 3.8) is 0 Å². The lowest BCUT2D eigenvalue weighted by atomic mass is 9.63. The van der Waals surface area contributed by atoms with E-state index in [-0.39, 0.29) is 10.8 Å². The zero-order chi connectivity index (χ0) is 18.9. The molecule has 0 radical (unpaired) electrons. The molecule has 0 atom stereocenters. The predicted molar refractivity (Wildman–Crippen MR) is 118 cm³/mol. The van der Waals surface area contributed by atoms with Crippen molar-refractivity contribution in [1.82, 2.24) is 5.32 Å². The first kappa shape index (κ1) is 19.8. The van der Waals surface area contributed by atoms with E-state index in [1.54, 1.807) is 0 Å². The van der Waals surface area contributed by atoms with Crippen LogP contribution in [0.5, 0.6) is 0 Å². The second-order valence-electron chi connectivity index (χ2n) is 9.27. The summed E-state index contributed by atoms with van der Waals surface area (Å²) >= 11 is 1.89. The van der Waals surface area contributed by atoms with Crippen LogP contribution in [0.2, 0.25) is 0 Å². The summed E-state index contributed by atoms with van der Waals surface area (Å²) in [5.41, 5.74) is 4.88. The molecule has 3 rings (SSSR count). The molecule has 2 heteroatoms. The summed E-state index contributed by atoms with van der Waals surface area (Å²) in [7, 11) is 0. The molecule has 0 spiro atoms. The first-order valence-electron chi connectivity index (χ1n) is 10.1. The van der Waals surface area contributed by atoms with Gasteiger partial charge in [-0.05, 0) is 90.1 Å². The summed E-state index contributed by atoms with van der Waals surface area (Å²) in [4.78, 5) is 2.69. The Morgan fingerprint density at radius 1 is 1.08 bits per heavy atom. The van der Waals surface area contributed by atoms with Crippen molar-refractivity contribution in [3.8, 4) is 0 Å². The lowest BCUT2D eigenvalue weighted by molar-refractivity contribution is 0.332. The molecular formula is C24H35NS. The van der Waals surface area contributed by atoms with Gasteiger partial charge in [0.25, 0.3) is 0 Å². The van der Waals surface area contributed by atoms with E-state index in [4.69, 9.17) is 0 Å². The minimum Gasteiger partial charge on any atom is -0.317 e. The van der Waals surface area contributed by atoms with Crippen molar-refractivity contribution < 1.29 is 0 Å². The van der Waals surface area contributed by atoms with Gasteiger partial charge in [0.05, 0.1) is 0 Å². The van der Waals surface area contributed by atoms with Gasteiger partial charge in [-0.3, -0.25) is 0 Å². The molecule has 1 aliphatic heterocycles. The summed E-state index contributed by atoms with van der Waals surface area (Å²) < 4.78 is 0. The molecule has 0 amide bonds. The number of rotatable bonds is 4. The zero-order valence-corrected chi connectivity index (χ0v) is 18.1. The van der Waals surface area contributed by atoms with Crippen LogP contribution in [0, 0.1) is 5.92 Å². The molecule has 142 valence electrons. The van der Waals surface area contributed by atoms with Crippen LogP contribution in [-0.2, 0) is 10.8 Å². The second-order valence-corrected chi connectivity index (χ2v) is 10.4. The van der Waals surface area contributed by atoms with Gasteiger partial charge in [0.15, 0.2) is 0 Å². The molecule has 0 unspecified atom stereocenters. The molecule has 0 aromatic heterocycles. The van der Waals surface area contributed by atoms with Crippen molar-refractivity contribution in [2.45, 2.75) is 71.1 Å². The van der Waals surface area contributed by atoms with Gasteiger partial charge in [0, 0.05) is 4.91 Å². The number of allylic oxidation sites excluding steroid dienone is 2. The summed E-state index contributed by atoms with van der Waals surface area (Å²) in [5.74, 6) is 0.691. The van der Waals surface area contributed by atoms with Gasteiger partial charge in [-0.1, -0.05) is 64.2 Å². The molecule has 1 aliphatic carbocycles. The molecule has 1 fully saturated rings. The van der Waals surface area contributed by atoms with Crippen LogP contribution < -0.4 is 5.32 Å². The quantitative estimate of drug-likeness (QED) is 0.638. The average Bonchev–Trinajstić information content (AvgIpc) is 2.64. The number of benzene rings is 1. The number of piperidine rings is 1. The number of hydrogen-bond donors (Lipinski definition) is 1. The third-order valence-electron chi connectivity index (χ3n) is 6.44. The van der Waals surface area contributed by atoms with E-state index in [0.29, 0.717) is 5.92 Å². The molecule has 26 heavy (non-hydrogen) atoms. The average molecular weight is 370 g/mol. The van der Waals surface area contributed by atoms with Crippen LogP contribution in [-0.4, -0.2) is 13.1 Å². The molecule has 1 heterocycles. The van der Waals surface area contributed by atoms with Crippen LogP contribution in [0.15, 0.2) is 35.8 Å². The Morgan fingerprint density at radius 3 is 2.31 bits per heavy atom. The van der Waals surface area contributed by atoms with Crippen molar-refractivity contribution in [2.24, 2.45) is 5.92 Å². The van der Waals surface area contributed by atoms with E-state index in [1.165, 1.54) is 52.2 Å². The van der Waals surface area contributed by atoms with Crippen LogP contribution in [0.4, 0.5) is 0 Å². The van der Waals surface area contributed by atoms with E-state index in [0.717, 1.165) is 13.1 Å². The van der Waals surface area contributed by atoms with Crippen molar-refractivity contribution in [1.29, 1.82) is 0 Å². The standard InChI is InChI=1S/C24H35NS/c1-7-22(18-10-14-25-15-11-18)26-17(2)19-8-9-20-21(16-19)24(5,6)13-12-23(20,3)4/h7-9,16,18,25H,2,10-15H2,1,3-6H3. The number of fused-ring (bicyclic) bond motifs is 1. The Kier molecular flexibility index (Phi) is 5.75. The second kappa shape index (κ2) is 7.56. The van der Waals surface area contributed by atoms with Gasteiger partial charge in [-0.15, -0.1) is 0 Å². The highest BCUT2D eigenvalue weighted by Gasteiger charge is 2.37. The number of thioether (sulfide) groups is 1. The van der Waals surface area contributed by atoms with Crippen molar-refractivity contribution in [3.05, 3.63) is 52.4 Å². The van der Waals surface area contributed by atoms with Crippen LogP contribution >= 0.6 is 11.8 Å². The highest BCUT2D eigenvalue weighted by molar-refractivity contribution is 8.11. The van der Waals surface area contributed by atoms with E-state index >= 15 is 0 Å². The van der Waals surface area contributed by atoms with E-state index in [9.17, 15) is 0 Å². The van der Waals surface area contributed by atoms with Gasteiger partial charge in [-0.25, -0.2) is 0 Å². The fourth-order valence-corrected chi connectivity index (χ4v) is 5.50. The minimum absolute atomic E-state index is 0.254. The predicted octanol–water partition coefficient (Wildman–Crippen LogP) is 6.64. The van der Waals surface area contributed by atoms with Crippen molar-refractivity contribution >= 4 is 16.7 Å². The molecule has 2 aliphatic rings. The van der Waals surface area contributed by atoms with Crippen molar-refractivity contribution in [2.75, 3.05) is 13.1 Å². The minimum atomic E-state index is 0.254. The first-order valence-corrected chi connectivity index (χ1v) is 11.0. The Bertz CT molecular complexity index is 705. The van der Waals surface area contributed by atoms with Gasteiger partial charge >= 0.3 is 0 Å². The molecule has 0 saturated carbocycles. The lowest BCUT2D eigenvalue weighted by Crippen LogP contribution is -2.33. The largest absolute Gasteiger partial charge is 0.317 e. The Balaban J connectivity index is 1.84. The van der Waals surface area contributed by atoms with Gasteiger partial charge in [-0.2, -0.15) is 0 Å². The normalized spacial score (nSPS) is 22.7. The van der Waals surface area contributed by atoms with Gasteiger partial charge < -0.3 is 5.32 Å². The van der Waals surface area contributed by atoms with Crippen LogP contribution in [0.3, 0.4) is 0 Å². The number of nitrogens with one attached hydrogen (secondary N) is 1. The lowest BCUT2D eigenvalue weighted by Gasteiger charge is -2.42. The highest BCUT2D eigenvalue weighted by atomic mass is 32.2. The van der Waals surface area contributed by atoms with Crippen LogP contribution in [0.25, 0.3) is 4.91 Å². The van der Waals surface area contributed by atoms with Crippen LogP contribution in [0.1, 0.15) is 77.0 Å². The fourth-order valence-electron chi connectivity index (χ4n) is 4.45. The van der Waals surface area contributed by atoms with Gasteiger partial charge in [0.1, 0.15) is 0 Å². The SMILES string of the molecule is C=C(SC(=CC)C1CCNCC1)c1ccc2c(c1)C(C)(C)CCC2(C)C. The highest BCUT2D eigenvalue weighted by Crippen LogP contribution is 2.47. The number of hydrogen-bond acceptors (Lipinski definition) is 2. The Morgan fingerprint density at radius 2 is 1.69 bits per heavy atom. The zero-order valence-electron chi connectivity index (χ0n) is 17.2. The summed E-state index contributed by atoms with van der Waals surface area (Å²) in [6, 6.07) is 7.10. The maximum absolute atomic E-state index is 4.45.